The molecule has 5 N–H and O–H groups in total. The lowest BCUT2D eigenvalue weighted by Crippen LogP contribution is -2.44. The second-order valence-electron chi connectivity index (χ2n) is 9.85. The second-order valence-corrected chi connectivity index (χ2v) is 10.3. The molecule has 214 valence electrons. The van der Waals surface area contributed by atoms with Gasteiger partial charge in [-0.2, -0.15) is 0 Å². The predicted molar refractivity (Wildman–Crippen MR) is 169 cm³/mol. The third-order valence-corrected chi connectivity index (χ3v) is 7.66. The van der Waals surface area contributed by atoms with Gasteiger partial charge in [0.2, 0.25) is 0 Å². The van der Waals surface area contributed by atoms with E-state index in [2.05, 4.69) is 62.2 Å². The van der Waals surface area contributed by atoms with E-state index in [9.17, 15) is 4.79 Å². The number of hydrogen-bond acceptors (Lipinski definition) is 8. The third kappa shape index (κ3) is 6.33. The molecule has 0 spiro atoms. The Morgan fingerprint density at radius 1 is 1.07 bits per heavy atom. The predicted octanol–water partition coefficient (Wildman–Crippen LogP) is 4.73. The summed E-state index contributed by atoms with van der Waals surface area (Å²) in [5.74, 6) is 6.30. The first-order valence-electron chi connectivity index (χ1n) is 14.0. The molecule has 0 aliphatic carbocycles. The smallest absolute Gasteiger partial charge is 0.260 e. The number of hydrogen-bond donors (Lipinski definition) is 4. The first kappa shape index (κ1) is 29.6. The highest BCUT2D eigenvalue weighted by Crippen LogP contribution is 2.31. The zero-order valence-corrected chi connectivity index (χ0v) is 24.8. The van der Waals surface area contributed by atoms with Crippen LogP contribution >= 0.6 is 11.6 Å². The first-order valence-corrected chi connectivity index (χ1v) is 14.4. The summed E-state index contributed by atoms with van der Waals surface area (Å²) >= 11 is 6.62. The van der Waals surface area contributed by atoms with E-state index < -0.39 is 6.29 Å². The summed E-state index contributed by atoms with van der Waals surface area (Å²) in [6.45, 7) is 12.6. The molecule has 2 aliphatic heterocycles. The fourth-order valence-electron chi connectivity index (χ4n) is 4.94. The van der Waals surface area contributed by atoms with Crippen molar-refractivity contribution in [2.75, 3.05) is 48.8 Å². The van der Waals surface area contributed by atoms with Gasteiger partial charge in [-0.25, -0.2) is 4.99 Å². The molecule has 5 rings (SSSR count). The van der Waals surface area contributed by atoms with Gasteiger partial charge in [0.05, 0.1) is 0 Å². The number of fused-ring (bicyclic) bond motifs is 1. The van der Waals surface area contributed by atoms with E-state index >= 15 is 0 Å². The third-order valence-electron chi connectivity index (χ3n) is 7.34. The summed E-state index contributed by atoms with van der Waals surface area (Å²) < 4.78 is 1.73. The Labute approximate surface area is 242 Å². The summed E-state index contributed by atoms with van der Waals surface area (Å²) in [5.41, 5.74) is 7.79. The molecule has 2 unspecified atom stereocenters. The van der Waals surface area contributed by atoms with Crippen LogP contribution in [0, 0.1) is 0 Å². The standard InChI is InChI=1S/C28H35ClN8O.C2H6/c1-4-37-26-20(15-24(27(37)38)23-10-5-19(16-25(23)29)18(2)34-30)17-31-28(33-26)32-21-6-8-22(9-7-21)36-13-11-35(3)12-14-36;1-2/h5-10,15-18,28,32-34H,4,11-14,30H2,1-3H3;1-2H3. The van der Waals surface area contributed by atoms with Crippen LogP contribution in [0.5, 0.6) is 0 Å². The van der Waals surface area contributed by atoms with Crippen molar-refractivity contribution in [1.82, 2.24) is 14.9 Å². The number of nitrogens with one attached hydrogen (secondary N) is 3. The fourth-order valence-corrected chi connectivity index (χ4v) is 5.23. The van der Waals surface area contributed by atoms with E-state index in [1.165, 1.54) is 5.69 Å². The van der Waals surface area contributed by atoms with Crippen molar-refractivity contribution in [3.8, 4) is 11.1 Å². The Morgan fingerprint density at radius 2 is 1.77 bits per heavy atom. The second kappa shape index (κ2) is 13.3. The van der Waals surface area contributed by atoms with Gasteiger partial charge in [-0.05, 0) is 62.9 Å². The van der Waals surface area contributed by atoms with E-state index in [0.717, 1.165) is 48.8 Å². The molecule has 0 saturated carbocycles. The fraction of sp³-hybridized carbons (Fsp3) is 0.400. The largest absolute Gasteiger partial charge is 0.369 e. The van der Waals surface area contributed by atoms with Gasteiger partial charge in [0.15, 0.2) is 6.29 Å². The van der Waals surface area contributed by atoms with Gasteiger partial charge >= 0.3 is 0 Å². The van der Waals surface area contributed by atoms with Crippen LogP contribution in [0.4, 0.5) is 17.2 Å². The van der Waals surface area contributed by atoms with Crippen molar-refractivity contribution < 1.29 is 0 Å². The Hall–Kier alpha value is -3.37. The summed E-state index contributed by atoms with van der Waals surface area (Å²) in [6.07, 6.45) is 1.41. The average Bonchev–Trinajstić information content (AvgIpc) is 2.98. The van der Waals surface area contributed by atoms with E-state index in [4.69, 9.17) is 17.4 Å². The molecular formula is C30H41ClN8O. The molecule has 0 bridgehead atoms. The van der Waals surface area contributed by atoms with Crippen LogP contribution in [-0.2, 0) is 6.54 Å². The summed E-state index contributed by atoms with van der Waals surface area (Å²) in [6, 6.07) is 15.9. The monoisotopic (exact) mass is 564 g/mol. The van der Waals surface area contributed by atoms with Crippen LogP contribution in [0.1, 0.15) is 44.9 Å². The van der Waals surface area contributed by atoms with Crippen LogP contribution in [0.25, 0.3) is 11.1 Å². The molecule has 0 radical (unpaired) electrons. The summed E-state index contributed by atoms with van der Waals surface area (Å²) in [7, 11) is 2.16. The van der Waals surface area contributed by atoms with Gasteiger partial charge < -0.3 is 20.4 Å². The molecular weight excluding hydrogens is 524 g/mol. The maximum absolute atomic E-state index is 13.5. The number of aromatic nitrogens is 1. The lowest BCUT2D eigenvalue weighted by atomic mass is 10.0. The number of nitrogens with zero attached hydrogens (tertiary/aromatic N) is 4. The van der Waals surface area contributed by atoms with Crippen molar-refractivity contribution in [2.45, 2.75) is 46.6 Å². The van der Waals surface area contributed by atoms with Crippen LogP contribution in [0.15, 0.2) is 58.3 Å². The Morgan fingerprint density at radius 3 is 2.40 bits per heavy atom. The lowest BCUT2D eigenvalue weighted by molar-refractivity contribution is 0.313. The minimum absolute atomic E-state index is 0.0545. The van der Waals surface area contributed by atoms with E-state index in [-0.39, 0.29) is 11.6 Å². The molecule has 1 aromatic heterocycles. The van der Waals surface area contributed by atoms with Crippen molar-refractivity contribution in [3.63, 3.8) is 0 Å². The molecule has 1 saturated heterocycles. The highest BCUT2D eigenvalue weighted by Gasteiger charge is 2.22. The molecule has 2 aromatic carbocycles. The molecule has 2 aliphatic rings. The van der Waals surface area contributed by atoms with Gasteiger partial charge in [0.25, 0.3) is 5.56 Å². The minimum Gasteiger partial charge on any atom is -0.369 e. The van der Waals surface area contributed by atoms with Crippen LogP contribution in [-0.4, -0.2) is 55.2 Å². The molecule has 2 atom stereocenters. The number of benzene rings is 2. The van der Waals surface area contributed by atoms with Gasteiger partial charge in [-0.3, -0.25) is 20.6 Å². The maximum Gasteiger partial charge on any atom is 0.260 e. The van der Waals surface area contributed by atoms with Crippen molar-refractivity contribution >= 4 is 35.0 Å². The van der Waals surface area contributed by atoms with Crippen LogP contribution in [0.3, 0.4) is 0 Å². The van der Waals surface area contributed by atoms with Crippen LogP contribution < -0.4 is 32.4 Å². The number of halogens is 1. The molecule has 3 aromatic rings. The van der Waals surface area contributed by atoms with Crippen LogP contribution in [0.2, 0.25) is 5.02 Å². The number of aliphatic imine (C=N–C) groups is 1. The lowest BCUT2D eigenvalue weighted by Gasteiger charge is -2.34. The highest BCUT2D eigenvalue weighted by atomic mass is 35.5. The number of pyridine rings is 1. The quantitative estimate of drug-likeness (QED) is 0.243. The molecule has 1 fully saturated rings. The number of nitrogens with two attached hydrogens (primary N) is 1. The SMILES string of the molecule is CC.CCn1c2c(cc(-c3ccc(C(C)NN)cc3Cl)c1=O)C=NC(Nc1ccc(N3CCN(C)CC3)cc1)N2. The molecule has 10 heteroatoms. The summed E-state index contributed by atoms with van der Waals surface area (Å²) in [4.78, 5) is 23.0. The van der Waals surface area contributed by atoms with E-state index in [0.29, 0.717) is 22.7 Å². The highest BCUT2D eigenvalue weighted by molar-refractivity contribution is 6.33. The minimum atomic E-state index is -0.395. The number of anilines is 3. The Balaban J connectivity index is 0.00000181. The van der Waals surface area contributed by atoms with Gasteiger partial charge in [-0.15, -0.1) is 0 Å². The summed E-state index contributed by atoms with van der Waals surface area (Å²) in [5, 5.41) is 7.32. The van der Waals surface area contributed by atoms with E-state index in [1.54, 1.807) is 10.8 Å². The normalized spacial score (nSPS) is 17.4. The Bertz CT molecular complexity index is 1380. The number of rotatable bonds is 7. The van der Waals surface area contributed by atoms with Crippen molar-refractivity contribution in [2.24, 2.45) is 10.8 Å². The number of hydrazine groups is 1. The topological polar surface area (TPSA) is 103 Å². The average molecular weight is 565 g/mol. The maximum atomic E-state index is 13.5. The van der Waals surface area contributed by atoms with Gasteiger partial charge in [0.1, 0.15) is 5.82 Å². The van der Waals surface area contributed by atoms with Crippen molar-refractivity contribution in [3.05, 3.63) is 75.0 Å². The molecule has 3 heterocycles. The Kier molecular flexibility index (Phi) is 9.86. The van der Waals surface area contributed by atoms with E-state index in [1.807, 2.05) is 52.0 Å². The van der Waals surface area contributed by atoms with Gasteiger partial charge in [-0.1, -0.05) is 37.6 Å². The zero-order valence-electron chi connectivity index (χ0n) is 24.0. The van der Waals surface area contributed by atoms with Gasteiger partial charge in [0, 0.05) is 78.1 Å². The molecule has 9 nitrogen and oxygen atoms in total. The molecule has 40 heavy (non-hydrogen) atoms. The number of likely N-dealkylation sites (N-methyl/N-ethyl adjacent to an activating group) is 1. The van der Waals surface area contributed by atoms with Crippen molar-refractivity contribution in [1.29, 1.82) is 0 Å². The molecule has 0 amide bonds. The zero-order chi connectivity index (χ0) is 28.8. The number of piperazine rings is 1. The first-order chi connectivity index (χ1) is 19.4.